The number of hydrogen-bond acceptors (Lipinski definition) is 4. The average molecular weight is 312 g/mol. The Morgan fingerprint density at radius 1 is 1.24 bits per heavy atom. The molecule has 0 radical (unpaired) electrons. The lowest BCUT2D eigenvalue weighted by molar-refractivity contribution is -0.128. The highest BCUT2D eigenvalue weighted by atomic mass is 32.2. The van der Waals surface area contributed by atoms with Crippen LogP contribution in [0.3, 0.4) is 0 Å². The number of carbonyl (C=O) groups is 2. The summed E-state index contributed by atoms with van der Waals surface area (Å²) in [5.41, 5.74) is 0.366. The minimum atomic E-state index is -3.72. The fraction of sp³-hybridized carbons (Fsp3) is 0.429. The summed E-state index contributed by atoms with van der Waals surface area (Å²) < 4.78 is 26.6. The lowest BCUT2D eigenvalue weighted by Crippen LogP contribution is -2.30. The van der Waals surface area contributed by atoms with Crippen LogP contribution < -0.4 is 4.72 Å². The van der Waals surface area contributed by atoms with E-state index in [4.69, 9.17) is 0 Å². The van der Waals surface area contributed by atoms with Gasteiger partial charge in [-0.3, -0.25) is 9.59 Å². The molecular weight excluding hydrogens is 292 g/mol. The van der Waals surface area contributed by atoms with Crippen molar-refractivity contribution in [1.29, 1.82) is 0 Å². The van der Waals surface area contributed by atoms with Crippen molar-refractivity contribution in [2.24, 2.45) is 0 Å². The molecule has 1 aromatic carbocycles. The molecule has 0 saturated carbocycles. The number of sulfonamides is 1. The summed E-state index contributed by atoms with van der Waals surface area (Å²) in [7, 11) is -0.503. The maximum absolute atomic E-state index is 12.1. The van der Waals surface area contributed by atoms with E-state index in [2.05, 4.69) is 4.72 Å². The summed E-state index contributed by atoms with van der Waals surface area (Å²) in [6.45, 7) is 1.74. The van der Waals surface area contributed by atoms with E-state index in [-0.39, 0.29) is 29.6 Å². The number of amides is 1. The molecule has 1 aromatic rings. The van der Waals surface area contributed by atoms with Gasteiger partial charge in [0.05, 0.1) is 4.90 Å². The molecule has 21 heavy (non-hydrogen) atoms. The van der Waals surface area contributed by atoms with Crippen LogP contribution in [-0.4, -0.2) is 45.6 Å². The van der Waals surface area contributed by atoms with Crippen molar-refractivity contribution in [3.05, 3.63) is 29.8 Å². The van der Waals surface area contributed by atoms with Crippen LogP contribution in [0.15, 0.2) is 29.2 Å². The highest BCUT2D eigenvalue weighted by Gasteiger charge is 2.16. The number of ketones is 1. The number of Topliss-reactive ketones (excluding diaryl/α,β-unsaturated/α-hetero) is 1. The second-order valence-corrected chi connectivity index (χ2v) is 6.51. The van der Waals surface area contributed by atoms with Gasteiger partial charge in [0.15, 0.2) is 5.78 Å². The fourth-order valence-electron chi connectivity index (χ4n) is 1.64. The van der Waals surface area contributed by atoms with E-state index in [0.717, 1.165) is 0 Å². The average Bonchev–Trinajstić information content (AvgIpc) is 2.46. The highest BCUT2D eigenvalue weighted by molar-refractivity contribution is 7.89. The summed E-state index contributed by atoms with van der Waals surface area (Å²) >= 11 is 0. The molecule has 0 aliphatic rings. The molecule has 6 nitrogen and oxygen atoms in total. The highest BCUT2D eigenvalue weighted by Crippen LogP contribution is 2.13. The van der Waals surface area contributed by atoms with Crippen LogP contribution in [-0.2, 0) is 14.8 Å². The first-order valence-electron chi connectivity index (χ1n) is 6.61. The van der Waals surface area contributed by atoms with Crippen LogP contribution >= 0.6 is 0 Å². The molecule has 7 heteroatoms. The molecule has 0 saturated heterocycles. The zero-order chi connectivity index (χ0) is 16.0. The Bertz CT molecular complexity index is 624. The van der Waals surface area contributed by atoms with Gasteiger partial charge in [0.25, 0.3) is 0 Å². The van der Waals surface area contributed by atoms with Crippen LogP contribution in [0.5, 0.6) is 0 Å². The van der Waals surface area contributed by atoms with Gasteiger partial charge >= 0.3 is 0 Å². The molecule has 0 aromatic heterocycles. The van der Waals surface area contributed by atoms with Crippen LogP contribution in [0, 0.1) is 0 Å². The SMILES string of the molecule is CCC(=O)c1cccc(S(=O)(=O)NCCC(=O)N(C)C)c1. The Morgan fingerprint density at radius 3 is 2.48 bits per heavy atom. The van der Waals surface area contributed by atoms with Crippen molar-refractivity contribution in [2.45, 2.75) is 24.7 Å². The van der Waals surface area contributed by atoms with E-state index in [1.54, 1.807) is 27.1 Å². The van der Waals surface area contributed by atoms with E-state index >= 15 is 0 Å². The number of nitrogens with one attached hydrogen (secondary N) is 1. The molecule has 0 heterocycles. The Labute approximate surface area is 125 Å². The first-order chi connectivity index (χ1) is 9.77. The van der Waals surface area contributed by atoms with Gasteiger partial charge in [-0.15, -0.1) is 0 Å². The predicted molar refractivity (Wildman–Crippen MR) is 79.6 cm³/mol. The third-order valence-electron chi connectivity index (χ3n) is 2.92. The molecule has 0 spiro atoms. The summed E-state index contributed by atoms with van der Waals surface area (Å²) in [5, 5.41) is 0. The van der Waals surface area contributed by atoms with E-state index in [9.17, 15) is 18.0 Å². The molecule has 1 amide bonds. The molecule has 0 unspecified atom stereocenters. The van der Waals surface area contributed by atoms with Crippen LogP contribution in [0.2, 0.25) is 0 Å². The molecule has 116 valence electrons. The first-order valence-corrected chi connectivity index (χ1v) is 8.09. The van der Waals surface area contributed by atoms with Crippen molar-refractivity contribution in [2.75, 3.05) is 20.6 Å². The van der Waals surface area contributed by atoms with E-state index in [0.29, 0.717) is 12.0 Å². The number of hydrogen-bond donors (Lipinski definition) is 1. The summed E-state index contributed by atoms with van der Waals surface area (Å²) in [6.07, 6.45) is 0.397. The summed E-state index contributed by atoms with van der Waals surface area (Å²) in [6, 6.07) is 5.88. The summed E-state index contributed by atoms with van der Waals surface area (Å²) in [5.74, 6) is -0.276. The normalized spacial score (nSPS) is 11.2. The van der Waals surface area contributed by atoms with Gasteiger partial charge in [-0.25, -0.2) is 13.1 Å². The minimum absolute atomic E-state index is 0.0191. The van der Waals surface area contributed by atoms with E-state index < -0.39 is 10.0 Å². The van der Waals surface area contributed by atoms with Gasteiger partial charge in [-0.2, -0.15) is 0 Å². The van der Waals surface area contributed by atoms with Crippen molar-refractivity contribution < 1.29 is 18.0 Å². The second kappa shape index (κ2) is 7.33. The first kappa shape index (κ1) is 17.3. The van der Waals surface area contributed by atoms with E-state index in [1.165, 1.54) is 23.1 Å². The lowest BCUT2D eigenvalue weighted by atomic mass is 10.1. The third kappa shape index (κ3) is 4.95. The van der Waals surface area contributed by atoms with Crippen LogP contribution in [0.4, 0.5) is 0 Å². The van der Waals surface area contributed by atoms with Crippen molar-refractivity contribution >= 4 is 21.7 Å². The second-order valence-electron chi connectivity index (χ2n) is 4.74. The Kier molecular flexibility index (Phi) is 6.04. The Balaban J connectivity index is 2.79. The molecule has 0 aliphatic carbocycles. The zero-order valence-corrected chi connectivity index (χ0v) is 13.2. The largest absolute Gasteiger partial charge is 0.349 e. The number of carbonyl (C=O) groups excluding carboxylic acids is 2. The maximum atomic E-state index is 12.1. The van der Waals surface area contributed by atoms with Gasteiger partial charge < -0.3 is 4.90 Å². The number of rotatable bonds is 7. The maximum Gasteiger partial charge on any atom is 0.240 e. The number of nitrogens with zero attached hydrogens (tertiary/aromatic N) is 1. The quantitative estimate of drug-likeness (QED) is 0.762. The Morgan fingerprint density at radius 2 is 1.90 bits per heavy atom. The Hall–Kier alpha value is -1.73. The van der Waals surface area contributed by atoms with Crippen molar-refractivity contribution in [3.8, 4) is 0 Å². The molecule has 0 fully saturated rings. The van der Waals surface area contributed by atoms with Crippen molar-refractivity contribution in [1.82, 2.24) is 9.62 Å². The van der Waals surface area contributed by atoms with E-state index in [1.807, 2.05) is 0 Å². The smallest absolute Gasteiger partial charge is 0.240 e. The summed E-state index contributed by atoms with van der Waals surface area (Å²) in [4.78, 5) is 24.4. The molecule has 0 atom stereocenters. The monoisotopic (exact) mass is 312 g/mol. The molecular formula is C14H20N2O4S. The minimum Gasteiger partial charge on any atom is -0.349 e. The lowest BCUT2D eigenvalue weighted by Gasteiger charge is -2.11. The van der Waals surface area contributed by atoms with Gasteiger partial charge in [0, 0.05) is 39.0 Å². The van der Waals surface area contributed by atoms with Gasteiger partial charge in [-0.1, -0.05) is 19.1 Å². The topological polar surface area (TPSA) is 83.5 Å². The third-order valence-corrected chi connectivity index (χ3v) is 4.38. The van der Waals surface area contributed by atoms with Gasteiger partial charge in [0.2, 0.25) is 15.9 Å². The molecule has 0 bridgehead atoms. The van der Waals surface area contributed by atoms with Crippen molar-refractivity contribution in [3.63, 3.8) is 0 Å². The standard InChI is InChI=1S/C14H20N2O4S/c1-4-13(17)11-6-5-7-12(10-11)21(19,20)15-9-8-14(18)16(2)3/h5-7,10,15H,4,8-9H2,1-3H3. The molecule has 1 rings (SSSR count). The molecule has 0 aliphatic heterocycles. The number of benzene rings is 1. The van der Waals surface area contributed by atoms with Gasteiger partial charge in [0.1, 0.15) is 0 Å². The molecule has 1 N–H and O–H groups in total. The fourth-order valence-corrected chi connectivity index (χ4v) is 2.72. The van der Waals surface area contributed by atoms with Crippen LogP contribution in [0.1, 0.15) is 30.1 Å². The van der Waals surface area contributed by atoms with Gasteiger partial charge in [-0.05, 0) is 12.1 Å². The van der Waals surface area contributed by atoms with Crippen LogP contribution in [0.25, 0.3) is 0 Å². The predicted octanol–water partition coefficient (Wildman–Crippen LogP) is 1.04. The zero-order valence-electron chi connectivity index (χ0n) is 12.4.